The Morgan fingerprint density at radius 1 is 1.14 bits per heavy atom. The van der Waals surface area contributed by atoms with Gasteiger partial charge in [-0.3, -0.25) is 0 Å². The van der Waals surface area contributed by atoms with Crippen LogP contribution in [0.25, 0.3) is 0 Å². The van der Waals surface area contributed by atoms with Crippen LogP contribution in [0.4, 0.5) is 13.2 Å². The summed E-state index contributed by atoms with van der Waals surface area (Å²) >= 11 is -2.23. The van der Waals surface area contributed by atoms with E-state index in [1.807, 2.05) is 0 Å². The molecule has 2 nitrogen and oxygen atoms in total. The van der Waals surface area contributed by atoms with Crippen LogP contribution in [0.3, 0.4) is 0 Å². The van der Waals surface area contributed by atoms with Gasteiger partial charge in [0.2, 0.25) is 0 Å². The summed E-state index contributed by atoms with van der Waals surface area (Å²) in [5, 5.41) is 0. The fraction of sp³-hybridized carbons (Fsp3) is 0.143. The minimum atomic E-state index is -4.41. The quantitative estimate of drug-likeness (QED) is 0.594. The van der Waals surface area contributed by atoms with Crippen molar-refractivity contribution in [2.24, 2.45) is 0 Å². The van der Waals surface area contributed by atoms with Crippen LogP contribution in [0, 0.1) is 0 Å². The van der Waals surface area contributed by atoms with Gasteiger partial charge in [0.15, 0.2) is 11.1 Å². The van der Waals surface area contributed by atoms with Gasteiger partial charge in [-0.2, -0.15) is 13.2 Å². The van der Waals surface area contributed by atoms with Crippen molar-refractivity contribution in [3.63, 3.8) is 0 Å². The van der Waals surface area contributed by atoms with Crippen molar-refractivity contribution in [2.75, 3.05) is 0 Å². The molecule has 0 fully saturated rings. The normalized spacial score (nSPS) is 13.1. The molecule has 1 atom stereocenters. The zero-order valence-corrected chi connectivity index (χ0v) is 10.0. The molecule has 1 N–H and O–H groups in total. The van der Waals surface area contributed by atoms with Crippen molar-refractivity contribution in [3.8, 4) is 0 Å². The SMILES string of the molecule is O=S(O)c1ccc(C(F)(F)F)cc1.[Na]. The average Bonchev–Trinajstić information content (AvgIpc) is 2.03. The molecular formula is C7H5F3NaO2S. The fourth-order valence-corrected chi connectivity index (χ4v) is 1.13. The van der Waals surface area contributed by atoms with Crippen LogP contribution in [-0.2, 0) is 17.3 Å². The molecule has 1 unspecified atom stereocenters. The zero-order valence-electron chi connectivity index (χ0n) is 7.21. The molecule has 0 aliphatic heterocycles. The molecule has 1 aromatic carbocycles. The van der Waals surface area contributed by atoms with E-state index < -0.39 is 22.8 Å². The molecule has 0 aliphatic rings. The first-order valence-electron chi connectivity index (χ1n) is 3.19. The van der Waals surface area contributed by atoms with Crippen molar-refractivity contribution in [1.82, 2.24) is 0 Å². The van der Waals surface area contributed by atoms with Crippen LogP contribution >= 0.6 is 0 Å². The van der Waals surface area contributed by atoms with Gasteiger partial charge in [0.1, 0.15) is 0 Å². The van der Waals surface area contributed by atoms with Crippen molar-refractivity contribution in [1.29, 1.82) is 0 Å². The Hall–Kier alpha value is 0.120. The van der Waals surface area contributed by atoms with E-state index >= 15 is 0 Å². The smallest absolute Gasteiger partial charge is 0.302 e. The predicted molar refractivity (Wildman–Crippen MR) is 46.2 cm³/mol. The molecule has 1 aromatic rings. The molecule has 0 bridgehead atoms. The predicted octanol–water partition coefficient (Wildman–Crippen LogP) is 1.91. The van der Waals surface area contributed by atoms with Crippen LogP contribution in [0.2, 0.25) is 0 Å². The van der Waals surface area contributed by atoms with Crippen LogP contribution in [0.15, 0.2) is 29.2 Å². The number of hydrogen-bond acceptors (Lipinski definition) is 1. The molecule has 1 radical (unpaired) electrons. The Kier molecular flexibility index (Phi) is 5.32. The van der Waals surface area contributed by atoms with Gasteiger partial charge in [0.25, 0.3) is 0 Å². The molecule has 0 heterocycles. The van der Waals surface area contributed by atoms with E-state index in [-0.39, 0.29) is 34.5 Å². The van der Waals surface area contributed by atoms with Gasteiger partial charge >= 0.3 is 6.18 Å². The largest absolute Gasteiger partial charge is 0.416 e. The molecule has 0 spiro atoms. The topological polar surface area (TPSA) is 37.3 Å². The summed E-state index contributed by atoms with van der Waals surface area (Å²) in [6, 6.07) is 3.48. The maximum atomic E-state index is 12.0. The van der Waals surface area contributed by atoms with Crippen LogP contribution in [0.5, 0.6) is 0 Å². The van der Waals surface area contributed by atoms with E-state index in [2.05, 4.69) is 0 Å². The summed E-state index contributed by atoms with van der Waals surface area (Å²) < 4.78 is 54.8. The summed E-state index contributed by atoms with van der Waals surface area (Å²) in [5.74, 6) is 0. The Morgan fingerprint density at radius 3 is 1.86 bits per heavy atom. The van der Waals surface area contributed by atoms with E-state index in [0.29, 0.717) is 0 Å². The molecule has 0 aliphatic carbocycles. The second-order valence-electron chi connectivity index (χ2n) is 2.27. The molecular weight excluding hydrogens is 228 g/mol. The second-order valence-corrected chi connectivity index (χ2v) is 3.24. The first kappa shape index (κ1) is 14.1. The van der Waals surface area contributed by atoms with Gasteiger partial charge < -0.3 is 4.55 Å². The average molecular weight is 233 g/mol. The monoisotopic (exact) mass is 233 g/mol. The van der Waals surface area contributed by atoms with Gasteiger partial charge in [-0.25, -0.2) is 4.21 Å². The minimum absolute atomic E-state index is 0. The van der Waals surface area contributed by atoms with E-state index in [9.17, 15) is 17.4 Å². The number of rotatable bonds is 1. The number of benzene rings is 1. The van der Waals surface area contributed by atoms with E-state index in [1.165, 1.54) is 0 Å². The first-order chi connectivity index (χ1) is 5.91. The van der Waals surface area contributed by atoms with Gasteiger partial charge in [-0.05, 0) is 24.3 Å². The maximum absolute atomic E-state index is 12.0. The molecule has 0 saturated carbocycles. The Balaban J connectivity index is 0.00000169. The Bertz CT molecular complexity index is 323. The van der Waals surface area contributed by atoms with Gasteiger partial charge in [0.05, 0.1) is 10.5 Å². The fourth-order valence-electron chi connectivity index (χ4n) is 0.760. The van der Waals surface area contributed by atoms with Crippen LogP contribution in [-0.4, -0.2) is 38.3 Å². The molecule has 73 valence electrons. The van der Waals surface area contributed by atoms with Crippen molar-refractivity contribution in [3.05, 3.63) is 29.8 Å². The third-order valence-electron chi connectivity index (χ3n) is 1.38. The van der Waals surface area contributed by atoms with Crippen LogP contribution in [0.1, 0.15) is 5.56 Å². The molecule has 14 heavy (non-hydrogen) atoms. The molecule has 7 heteroatoms. The van der Waals surface area contributed by atoms with Crippen molar-refractivity contribution >= 4 is 40.6 Å². The zero-order chi connectivity index (χ0) is 10.1. The molecule has 0 aromatic heterocycles. The second kappa shape index (κ2) is 5.27. The van der Waals surface area contributed by atoms with Crippen molar-refractivity contribution < 1.29 is 21.9 Å². The molecule has 1 rings (SSSR count). The van der Waals surface area contributed by atoms with Gasteiger partial charge in [0, 0.05) is 29.6 Å². The third-order valence-corrected chi connectivity index (χ3v) is 2.06. The summed E-state index contributed by atoms with van der Waals surface area (Å²) in [4.78, 5) is -0.0481. The maximum Gasteiger partial charge on any atom is 0.416 e. The molecule has 0 saturated heterocycles. The van der Waals surface area contributed by atoms with Gasteiger partial charge in [-0.15, -0.1) is 0 Å². The Labute approximate surface area is 103 Å². The van der Waals surface area contributed by atoms with Gasteiger partial charge in [-0.1, -0.05) is 0 Å². The van der Waals surface area contributed by atoms with E-state index in [0.717, 1.165) is 24.3 Å². The van der Waals surface area contributed by atoms with E-state index in [4.69, 9.17) is 4.55 Å². The number of hydrogen-bond donors (Lipinski definition) is 1. The minimum Gasteiger partial charge on any atom is -0.302 e. The summed E-state index contributed by atoms with van der Waals surface area (Å²) in [7, 11) is 0. The third kappa shape index (κ3) is 3.70. The van der Waals surface area contributed by atoms with Crippen molar-refractivity contribution in [2.45, 2.75) is 11.1 Å². The van der Waals surface area contributed by atoms with E-state index in [1.54, 1.807) is 0 Å². The number of alkyl halides is 3. The summed E-state index contributed by atoms with van der Waals surface area (Å²) in [6.07, 6.45) is -4.41. The Morgan fingerprint density at radius 2 is 1.57 bits per heavy atom. The summed E-state index contributed by atoms with van der Waals surface area (Å²) in [5.41, 5.74) is -0.832. The standard InChI is InChI=1S/C7H5F3O2S.Na/c8-7(9,10)5-1-3-6(4-2-5)13(11)12;/h1-4H,(H,11,12);. The summed E-state index contributed by atoms with van der Waals surface area (Å²) in [6.45, 7) is 0. The molecule has 0 amide bonds. The number of halogens is 3. The van der Waals surface area contributed by atoms with Crippen LogP contribution < -0.4 is 0 Å². The first-order valence-corrected chi connectivity index (χ1v) is 4.30.